The molecule has 1 aromatic heterocycles. The topological polar surface area (TPSA) is 33.2 Å². The average molecular weight is 194 g/mol. The number of carbonyl (C=O) groups is 1. The zero-order chi connectivity index (χ0) is 10.6. The largest absolute Gasteiger partial charge is 0.383 e. The van der Waals surface area contributed by atoms with Crippen molar-refractivity contribution in [2.45, 2.75) is 0 Å². The van der Waals surface area contributed by atoms with Crippen molar-refractivity contribution in [3.05, 3.63) is 42.1 Å². The lowest BCUT2D eigenvalue weighted by Crippen LogP contribution is -2.03. The van der Waals surface area contributed by atoms with Gasteiger partial charge in [-0.3, -0.25) is 4.79 Å². The van der Waals surface area contributed by atoms with Crippen molar-refractivity contribution >= 4 is 5.78 Å². The van der Waals surface area contributed by atoms with Gasteiger partial charge < -0.3 is 4.90 Å². The number of halogens is 1. The minimum atomic E-state index is -0.585. The number of allylic oxidation sites excluding steroid dienone is 1. The second-order valence-corrected chi connectivity index (χ2v) is 3.01. The summed E-state index contributed by atoms with van der Waals surface area (Å²) in [4.78, 5) is 16.5. The number of hydrogen-bond acceptors (Lipinski definition) is 3. The second-order valence-electron chi connectivity index (χ2n) is 3.01. The Labute approximate surface area is 81.9 Å². The number of carbonyl (C=O) groups excluding carboxylic acids is 1. The predicted octanol–water partition coefficient (Wildman–Crippen LogP) is 1.48. The van der Waals surface area contributed by atoms with Gasteiger partial charge in [-0.15, -0.1) is 0 Å². The van der Waals surface area contributed by atoms with Gasteiger partial charge in [0, 0.05) is 38.1 Å². The van der Waals surface area contributed by atoms with Crippen LogP contribution in [0.5, 0.6) is 0 Å². The highest BCUT2D eigenvalue weighted by atomic mass is 19.1. The lowest BCUT2D eigenvalue weighted by molar-refractivity contribution is 0.104. The van der Waals surface area contributed by atoms with Crippen LogP contribution in [-0.4, -0.2) is 29.8 Å². The van der Waals surface area contributed by atoms with Gasteiger partial charge in [-0.2, -0.15) is 4.39 Å². The van der Waals surface area contributed by atoms with E-state index in [1.165, 1.54) is 18.3 Å². The molecule has 0 aliphatic heterocycles. The molecule has 4 heteroatoms. The van der Waals surface area contributed by atoms with Crippen LogP contribution in [0.2, 0.25) is 0 Å². The van der Waals surface area contributed by atoms with Crippen LogP contribution < -0.4 is 0 Å². The van der Waals surface area contributed by atoms with Crippen LogP contribution in [-0.2, 0) is 0 Å². The third kappa shape index (κ3) is 2.97. The molecule has 3 nitrogen and oxygen atoms in total. The number of rotatable bonds is 3. The molecule has 1 heterocycles. The average Bonchev–Trinajstić information content (AvgIpc) is 2.15. The normalized spacial score (nSPS) is 10.5. The Balaban J connectivity index is 2.75. The van der Waals surface area contributed by atoms with E-state index in [0.29, 0.717) is 5.56 Å². The Morgan fingerprint density at radius 1 is 1.50 bits per heavy atom. The van der Waals surface area contributed by atoms with Crippen molar-refractivity contribution in [2.24, 2.45) is 0 Å². The second kappa shape index (κ2) is 4.50. The molecule has 0 N–H and O–H groups in total. The summed E-state index contributed by atoms with van der Waals surface area (Å²) in [6.07, 6.45) is 4.26. The summed E-state index contributed by atoms with van der Waals surface area (Å²) in [5.74, 6) is -0.774. The summed E-state index contributed by atoms with van der Waals surface area (Å²) >= 11 is 0. The number of aromatic nitrogens is 1. The first-order chi connectivity index (χ1) is 6.59. The van der Waals surface area contributed by atoms with Gasteiger partial charge in [0.05, 0.1) is 0 Å². The molecule has 1 aromatic rings. The van der Waals surface area contributed by atoms with Gasteiger partial charge in [-0.1, -0.05) is 0 Å². The van der Waals surface area contributed by atoms with E-state index in [4.69, 9.17) is 0 Å². The maximum absolute atomic E-state index is 12.4. The molecule has 14 heavy (non-hydrogen) atoms. The minimum Gasteiger partial charge on any atom is -0.383 e. The number of nitrogens with zero attached hydrogens (tertiary/aromatic N) is 2. The molecule has 74 valence electrons. The lowest BCUT2D eigenvalue weighted by atomic mass is 10.2. The fraction of sp³-hybridized carbons (Fsp3) is 0.200. The van der Waals surface area contributed by atoms with Crippen molar-refractivity contribution in [1.29, 1.82) is 0 Å². The maximum atomic E-state index is 12.4. The summed E-state index contributed by atoms with van der Waals surface area (Å²) in [5.41, 5.74) is 0.379. The van der Waals surface area contributed by atoms with E-state index in [0.717, 1.165) is 6.07 Å². The highest BCUT2D eigenvalue weighted by Crippen LogP contribution is 2.01. The van der Waals surface area contributed by atoms with Crippen molar-refractivity contribution in [1.82, 2.24) is 9.88 Å². The standard InChI is InChI=1S/C10H11FN2O/c1-13(2)6-5-9(14)8-3-4-10(11)12-7-8/h3-7H,1-2H3. The van der Waals surface area contributed by atoms with E-state index < -0.39 is 5.95 Å². The third-order valence-corrected chi connectivity index (χ3v) is 1.54. The Kier molecular flexibility index (Phi) is 3.34. The van der Waals surface area contributed by atoms with Gasteiger partial charge in [0.15, 0.2) is 5.78 Å². The summed E-state index contributed by atoms with van der Waals surface area (Å²) in [6, 6.07) is 2.57. The van der Waals surface area contributed by atoms with Crippen LogP contribution in [0.15, 0.2) is 30.6 Å². The summed E-state index contributed by atoms with van der Waals surface area (Å²) in [6.45, 7) is 0. The first-order valence-corrected chi connectivity index (χ1v) is 4.10. The molecule has 0 saturated heterocycles. The Morgan fingerprint density at radius 3 is 2.71 bits per heavy atom. The zero-order valence-electron chi connectivity index (χ0n) is 8.07. The van der Waals surface area contributed by atoms with Crippen LogP contribution >= 0.6 is 0 Å². The maximum Gasteiger partial charge on any atom is 0.212 e. The first-order valence-electron chi connectivity index (χ1n) is 4.10. The monoisotopic (exact) mass is 194 g/mol. The van der Waals surface area contributed by atoms with E-state index >= 15 is 0 Å². The minimum absolute atomic E-state index is 0.189. The van der Waals surface area contributed by atoms with Gasteiger partial charge in [0.2, 0.25) is 5.95 Å². The molecule has 0 aromatic carbocycles. The molecule has 0 radical (unpaired) electrons. The number of ketones is 1. The van der Waals surface area contributed by atoms with Gasteiger partial charge in [-0.25, -0.2) is 4.98 Å². The number of pyridine rings is 1. The molecule has 0 amide bonds. The molecular formula is C10H11FN2O. The van der Waals surface area contributed by atoms with Crippen LogP contribution in [0.25, 0.3) is 0 Å². The van der Waals surface area contributed by atoms with Gasteiger partial charge in [-0.05, 0) is 12.1 Å². The SMILES string of the molecule is CN(C)C=CC(=O)c1ccc(F)nc1. The van der Waals surface area contributed by atoms with E-state index in [1.807, 2.05) is 14.1 Å². The quantitative estimate of drug-likeness (QED) is 0.415. The molecule has 0 bridgehead atoms. The molecule has 0 aliphatic carbocycles. The first kappa shape index (κ1) is 10.4. The molecule has 0 unspecified atom stereocenters. The Morgan fingerprint density at radius 2 is 2.21 bits per heavy atom. The summed E-state index contributed by atoms with van der Waals surface area (Å²) in [7, 11) is 3.62. The van der Waals surface area contributed by atoms with E-state index in [-0.39, 0.29) is 5.78 Å². The molecule has 1 rings (SSSR count). The molecule has 0 aliphatic rings. The molecule has 0 fully saturated rings. The van der Waals surface area contributed by atoms with Crippen molar-refractivity contribution in [3.63, 3.8) is 0 Å². The van der Waals surface area contributed by atoms with E-state index in [9.17, 15) is 9.18 Å². The van der Waals surface area contributed by atoms with Crippen molar-refractivity contribution in [2.75, 3.05) is 14.1 Å². The molecule has 0 saturated carbocycles. The van der Waals surface area contributed by atoms with Crippen molar-refractivity contribution in [3.8, 4) is 0 Å². The highest BCUT2D eigenvalue weighted by molar-refractivity contribution is 6.04. The smallest absolute Gasteiger partial charge is 0.212 e. The summed E-state index contributed by atoms with van der Waals surface area (Å²) < 4.78 is 12.4. The Hall–Kier alpha value is -1.71. The highest BCUT2D eigenvalue weighted by Gasteiger charge is 2.01. The molecule has 0 atom stereocenters. The fourth-order valence-corrected chi connectivity index (χ4v) is 0.835. The zero-order valence-corrected chi connectivity index (χ0v) is 8.07. The number of hydrogen-bond donors (Lipinski definition) is 0. The lowest BCUT2D eigenvalue weighted by Gasteiger charge is -2.02. The van der Waals surface area contributed by atoms with Gasteiger partial charge in [0.25, 0.3) is 0 Å². The Bertz CT molecular complexity index is 344. The fourth-order valence-electron chi connectivity index (χ4n) is 0.835. The molecule has 0 spiro atoms. The van der Waals surface area contributed by atoms with Crippen LogP contribution in [0.4, 0.5) is 4.39 Å². The van der Waals surface area contributed by atoms with Crippen LogP contribution in [0, 0.1) is 5.95 Å². The van der Waals surface area contributed by atoms with E-state index in [2.05, 4.69) is 4.98 Å². The summed E-state index contributed by atoms with van der Waals surface area (Å²) in [5, 5.41) is 0. The predicted molar refractivity (Wildman–Crippen MR) is 51.4 cm³/mol. The van der Waals surface area contributed by atoms with Crippen LogP contribution in [0.3, 0.4) is 0 Å². The third-order valence-electron chi connectivity index (χ3n) is 1.54. The van der Waals surface area contributed by atoms with Crippen molar-refractivity contribution < 1.29 is 9.18 Å². The molecular weight excluding hydrogens is 183 g/mol. The van der Waals surface area contributed by atoms with E-state index in [1.54, 1.807) is 11.1 Å². The van der Waals surface area contributed by atoms with Crippen LogP contribution in [0.1, 0.15) is 10.4 Å². The van der Waals surface area contributed by atoms with Gasteiger partial charge >= 0.3 is 0 Å². The van der Waals surface area contributed by atoms with Gasteiger partial charge in [0.1, 0.15) is 0 Å².